The molecule has 1 aromatic rings. The van der Waals surface area contributed by atoms with Gasteiger partial charge in [-0.1, -0.05) is 70.4 Å². The Kier molecular flexibility index (Phi) is 6.66. The molecular formula is C19H28F2. The molecule has 0 aromatic heterocycles. The van der Waals surface area contributed by atoms with Crippen molar-refractivity contribution in [3.63, 3.8) is 0 Å². The highest BCUT2D eigenvalue weighted by Gasteiger charge is 2.21. The Labute approximate surface area is 128 Å². The molecule has 2 heteroatoms. The summed E-state index contributed by atoms with van der Waals surface area (Å²) in [7, 11) is 0. The van der Waals surface area contributed by atoms with Crippen molar-refractivity contribution < 1.29 is 8.78 Å². The van der Waals surface area contributed by atoms with Gasteiger partial charge in [-0.15, -0.1) is 0 Å². The number of aryl methyl sites for hydroxylation is 1. The van der Waals surface area contributed by atoms with Crippen molar-refractivity contribution in [1.29, 1.82) is 0 Å². The van der Waals surface area contributed by atoms with Crippen molar-refractivity contribution in [2.24, 2.45) is 11.8 Å². The highest BCUT2D eigenvalue weighted by atomic mass is 19.2. The zero-order valence-corrected chi connectivity index (χ0v) is 13.2. The van der Waals surface area contributed by atoms with Crippen molar-refractivity contribution in [3.05, 3.63) is 35.4 Å². The van der Waals surface area contributed by atoms with Gasteiger partial charge in [0.1, 0.15) is 0 Å². The first-order valence-electron chi connectivity index (χ1n) is 8.63. The van der Waals surface area contributed by atoms with Gasteiger partial charge in [0.25, 0.3) is 0 Å². The molecule has 1 aliphatic rings. The molecule has 0 atom stereocenters. The van der Waals surface area contributed by atoms with E-state index >= 15 is 0 Å². The highest BCUT2D eigenvalue weighted by Crippen LogP contribution is 2.34. The molecule has 21 heavy (non-hydrogen) atoms. The summed E-state index contributed by atoms with van der Waals surface area (Å²) >= 11 is 0. The molecule has 0 aliphatic heterocycles. The van der Waals surface area contributed by atoms with Crippen LogP contribution in [-0.2, 0) is 6.42 Å². The number of hydrogen-bond donors (Lipinski definition) is 0. The van der Waals surface area contributed by atoms with E-state index in [9.17, 15) is 8.78 Å². The van der Waals surface area contributed by atoms with Crippen molar-refractivity contribution in [1.82, 2.24) is 0 Å². The van der Waals surface area contributed by atoms with Gasteiger partial charge in [0.15, 0.2) is 11.6 Å². The topological polar surface area (TPSA) is 0 Å². The molecule has 0 bridgehead atoms. The fourth-order valence-corrected chi connectivity index (χ4v) is 3.59. The van der Waals surface area contributed by atoms with E-state index in [-0.39, 0.29) is 0 Å². The largest absolute Gasteiger partial charge is 0.204 e. The molecule has 1 fully saturated rings. The minimum atomic E-state index is -0.716. The van der Waals surface area contributed by atoms with E-state index in [1.54, 1.807) is 12.1 Å². The van der Waals surface area contributed by atoms with Crippen molar-refractivity contribution in [3.8, 4) is 0 Å². The van der Waals surface area contributed by atoms with Crippen LogP contribution >= 0.6 is 0 Å². The van der Waals surface area contributed by atoms with Gasteiger partial charge >= 0.3 is 0 Å². The van der Waals surface area contributed by atoms with Crippen molar-refractivity contribution in [2.75, 3.05) is 0 Å². The molecule has 0 N–H and O–H groups in total. The molecule has 0 heterocycles. The first kappa shape index (κ1) is 16.5. The third-order valence-electron chi connectivity index (χ3n) is 5.04. The SMILES string of the molecule is CCCCC[C@H]1CC[C@H](CCc2cccc(F)c2F)CC1. The molecule has 2 rings (SSSR count). The maximum absolute atomic E-state index is 13.6. The van der Waals surface area contributed by atoms with E-state index in [1.165, 1.54) is 57.4 Å². The van der Waals surface area contributed by atoms with E-state index in [4.69, 9.17) is 0 Å². The van der Waals surface area contributed by atoms with Crippen LogP contribution in [-0.4, -0.2) is 0 Å². The summed E-state index contributed by atoms with van der Waals surface area (Å²) in [6, 6.07) is 4.52. The summed E-state index contributed by atoms with van der Waals surface area (Å²) in [4.78, 5) is 0. The van der Waals surface area contributed by atoms with Crippen LogP contribution in [0.25, 0.3) is 0 Å². The van der Waals surface area contributed by atoms with Crippen molar-refractivity contribution >= 4 is 0 Å². The van der Waals surface area contributed by atoms with Crippen LogP contribution in [0.15, 0.2) is 18.2 Å². The predicted octanol–water partition coefficient (Wildman–Crippen LogP) is 6.28. The Morgan fingerprint density at radius 1 is 0.952 bits per heavy atom. The van der Waals surface area contributed by atoms with E-state index in [2.05, 4.69) is 6.92 Å². The first-order chi connectivity index (χ1) is 10.2. The summed E-state index contributed by atoms with van der Waals surface area (Å²) in [6.45, 7) is 2.25. The number of rotatable bonds is 7. The molecule has 1 saturated carbocycles. The number of benzene rings is 1. The Bertz CT molecular complexity index is 420. The summed E-state index contributed by atoms with van der Waals surface area (Å²) in [5.74, 6) is 0.256. The fourth-order valence-electron chi connectivity index (χ4n) is 3.59. The zero-order chi connectivity index (χ0) is 15.1. The van der Waals surface area contributed by atoms with E-state index < -0.39 is 11.6 Å². The number of hydrogen-bond acceptors (Lipinski definition) is 0. The number of halogens is 2. The zero-order valence-electron chi connectivity index (χ0n) is 13.2. The van der Waals surface area contributed by atoms with Crippen LogP contribution in [0.1, 0.15) is 70.3 Å². The van der Waals surface area contributed by atoms with Gasteiger partial charge in [-0.3, -0.25) is 0 Å². The highest BCUT2D eigenvalue weighted by molar-refractivity contribution is 5.19. The molecule has 0 unspecified atom stereocenters. The van der Waals surface area contributed by atoms with Crippen LogP contribution in [0.3, 0.4) is 0 Å². The minimum Gasteiger partial charge on any atom is -0.204 e. The molecule has 1 aromatic carbocycles. The summed E-state index contributed by atoms with van der Waals surface area (Å²) in [5.41, 5.74) is 0.542. The second kappa shape index (κ2) is 8.51. The van der Waals surface area contributed by atoms with Crippen LogP contribution in [0.4, 0.5) is 8.78 Å². The Morgan fingerprint density at radius 2 is 1.62 bits per heavy atom. The number of unbranched alkanes of at least 4 members (excludes halogenated alkanes) is 2. The lowest BCUT2D eigenvalue weighted by Crippen LogP contribution is -2.15. The second-order valence-corrected chi connectivity index (χ2v) is 6.63. The predicted molar refractivity (Wildman–Crippen MR) is 84.3 cm³/mol. The Hall–Kier alpha value is -0.920. The molecule has 0 nitrogen and oxygen atoms in total. The van der Waals surface area contributed by atoms with Gasteiger partial charge in [0.05, 0.1) is 0 Å². The van der Waals surface area contributed by atoms with Crippen LogP contribution < -0.4 is 0 Å². The lowest BCUT2D eigenvalue weighted by molar-refractivity contribution is 0.248. The Morgan fingerprint density at radius 3 is 2.29 bits per heavy atom. The van der Waals surface area contributed by atoms with E-state index in [0.717, 1.165) is 12.3 Å². The lowest BCUT2D eigenvalue weighted by Gasteiger charge is -2.28. The molecule has 0 radical (unpaired) electrons. The van der Waals surface area contributed by atoms with Gasteiger partial charge < -0.3 is 0 Å². The van der Waals surface area contributed by atoms with Gasteiger partial charge in [0, 0.05) is 0 Å². The molecule has 0 amide bonds. The first-order valence-corrected chi connectivity index (χ1v) is 8.63. The summed E-state index contributed by atoms with van der Waals surface area (Å²) in [5, 5.41) is 0. The lowest BCUT2D eigenvalue weighted by atomic mass is 9.78. The molecule has 1 aliphatic carbocycles. The maximum Gasteiger partial charge on any atom is 0.162 e. The van der Waals surface area contributed by atoms with E-state index in [0.29, 0.717) is 17.9 Å². The molecule has 0 saturated heterocycles. The average Bonchev–Trinajstić information content (AvgIpc) is 2.50. The second-order valence-electron chi connectivity index (χ2n) is 6.63. The van der Waals surface area contributed by atoms with Crippen molar-refractivity contribution in [2.45, 2.75) is 71.1 Å². The van der Waals surface area contributed by atoms with Crippen LogP contribution in [0, 0.1) is 23.5 Å². The monoisotopic (exact) mass is 294 g/mol. The third kappa shape index (κ3) is 5.09. The summed E-state index contributed by atoms with van der Waals surface area (Å²) in [6.07, 6.45) is 12.3. The minimum absolute atomic E-state index is 0.542. The third-order valence-corrected chi connectivity index (χ3v) is 5.04. The standard InChI is InChI=1S/C19H28F2/c1-2-3-4-6-15-9-11-16(12-10-15)13-14-17-7-5-8-18(20)19(17)21/h5,7-8,15-16H,2-4,6,9-14H2,1H3/t15-,16-. The molecular weight excluding hydrogens is 266 g/mol. The average molecular weight is 294 g/mol. The van der Waals surface area contributed by atoms with Gasteiger partial charge in [-0.25, -0.2) is 8.78 Å². The molecule has 118 valence electrons. The summed E-state index contributed by atoms with van der Waals surface area (Å²) < 4.78 is 26.8. The molecule has 0 spiro atoms. The van der Waals surface area contributed by atoms with Crippen LogP contribution in [0.2, 0.25) is 0 Å². The Balaban J connectivity index is 1.70. The van der Waals surface area contributed by atoms with E-state index in [1.807, 2.05) is 0 Å². The fraction of sp³-hybridized carbons (Fsp3) is 0.684. The van der Waals surface area contributed by atoms with Gasteiger partial charge in [-0.05, 0) is 36.3 Å². The normalized spacial score (nSPS) is 22.4. The maximum atomic E-state index is 13.6. The van der Waals surface area contributed by atoms with Gasteiger partial charge in [0.2, 0.25) is 0 Å². The quantitative estimate of drug-likeness (QED) is 0.519. The van der Waals surface area contributed by atoms with Crippen LogP contribution in [0.5, 0.6) is 0 Å². The van der Waals surface area contributed by atoms with Gasteiger partial charge in [-0.2, -0.15) is 0 Å². The smallest absolute Gasteiger partial charge is 0.162 e.